The second-order valence-electron chi connectivity index (χ2n) is 5.83. The van der Waals surface area contributed by atoms with Crippen molar-refractivity contribution in [3.63, 3.8) is 0 Å². The average molecular weight is 385 g/mol. The Morgan fingerprint density at radius 1 is 0.857 bits per heavy atom. The molecule has 146 valence electrons. The number of carbonyl (C=O) groups is 3. The van der Waals surface area contributed by atoms with E-state index in [4.69, 9.17) is 18.9 Å². The number of fused-ring (bicyclic) bond motifs is 1. The maximum absolute atomic E-state index is 12.5. The zero-order chi connectivity index (χ0) is 20.3. The molecule has 0 radical (unpaired) electrons. The van der Waals surface area contributed by atoms with Crippen molar-refractivity contribution in [3.8, 4) is 17.2 Å². The van der Waals surface area contributed by atoms with E-state index in [0.717, 1.165) is 4.90 Å². The van der Waals surface area contributed by atoms with Gasteiger partial charge in [-0.2, -0.15) is 0 Å². The SMILES string of the molecule is COc1ccc(C(=O)OCCN2C(=O)c3ccccc3C2=O)c(OC)c1OC. The van der Waals surface area contributed by atoms with Crippen molar-refractivity contribution < 1.29 is 33.3 Å². The Kier molecular flexibility index (Phi) is 5.49. The third kappa shape index (κ3) is 3.24. The average Bonchev–Trinajstić information content (AvgIpc) is 2.97. The number of amides is 2. The lowest BCUT2D eigenvalue weighted by molar-refractivity contribution is 0.0417. The van der Waals surface area contributed by atoms with Gasteiger partial charge in [0.2, 0.25) is 5.75 Å². The van der Waals surface area contributed by atoms with Gasteiger partial charge in [-0.25, -0.2) is 4.79 Å². The van der Waals surface area contributed by atoms with E-state index in [1.807, 2.05) is 0 Å². The molecule has 8 nitrogen and oxygen atoms in total. The van der Waals surface area contributed by atoms with Gasteiger partial charge in [0.25, 0.3) is 11.8 Å². The fourth-order valence-electron chi connectivity index (χ4n) is 3.01. The zero-order valence-corrected chi connectivity index (χ0v) is 15.7. The van der Waals surface area contributed by atoms with Crippen LogP contribution in [0.4, 0.5) is 0 Å². The van der Waals surface area contributed by atoms with Gasteiger partial charge in [0, 0.05) is 0 Å². The largest absolute Gasteiger partial charge is 0.493 e. The van der Waals surface area contributed by atoms with Gasteiger partial charge >= 0.3 is 5.97 Å². The molecule has 8 heteroatoms. The van der Waals surface area contributed by atoms with Gasteiger partial charge in [-0.05, 0) is 24.3 Å². The monoisotopic (exact) mass is 385 g/mol. The molecule has 1 aliphatic rings. The number of hydrogen-bond acceptors (Lipinski definition) is 7. The molecule has 0 bridgehead atoms. The van der Waals surface area contributed by atoms with Crippen molar-refractivity contribution in [2.75, 3.05) is 34.5 Å². The number of hydrogen-bond donors (Lipinski definition) is 0. The van der Waals surface area contributed by atoms with Crippen LogP contribution in [-0.4, -0.2) is 57.2 Å². The van der Waals surface area contributed by atoms with Crippen molar-refractivity contribution in [3.05, 3.63) is 53.1 Å². The summed E-state index contributed by atoms with van der Waals surface area (Å²) in [6, 6.07) is 9.62. The minimum atomic E-state index is -0.672. The Balaban J connectivity index is 1.69. The van der Waals surface area contributed by atoms with Crippen LogP contribution in [0, 0.1) is 0 Å². The Labute approximate surface area is 161 Å². The fourth-order valence-corrected chi connectivity index (χ4v) is 3.01. The summed E-state index contributed by atoms with van der Waals surface area (Å²) in [5.41, 5.74) is 0.836. The normalized spacial score (nSPS) is 12.6. The van der Waals surface area contributed by atoms with Gasteiger partial charge < -0.3 is 18.9 Å². The van der Waals surface area contributed by atoms with Crippen LogP contribution in [0.5, 0.6) is 17.2 Å². The first-order valence-corrected chi connectivity index (χ1v) is 8.44. The topological polar surface area (TPSA) is 91.4 Å². The quantitative estimate of drug-likeness (QED) is 0.533. The van der Waals surface area contributed by atoms with E-state index in [2.05, 4.69) is 0 Å². The van der Waals surface area contributed by atoms with E-state index in [1.54, 1.807) is 30.3 Å². The Bertz CT molecular complexity index is 903. The van der Waals surface area contributed by atoms with E-state index < -0.39 is 17.8 Å². The molecule has 0 aromatic heterocycles. The van der Waals surface area contributed by atoms with Crippen LogP contribution in [0.2, 0.25) is 0 Å². The number of carbonyl (C=O) groups excluding carboxylic acids is 3. The van der Waals surface area contributed by atoms with Gasteiger partial charge in [0.05, 0.1) is 39.0 Å². The second-order valence-corrected chi connectivity index (χ2v) is 5.83. The third-order valence-electron chi connectivity index (χ3n) is 4.35. The Hall–Kier alpha value is -3.55. The molecule has 2 amide bonds. The van der Waals surface area contributed by atoms with E-state index in [9.17, 15) is 14.4 Å². The molecule has 0 unspecified atom stereocenters. The molecule has 1 heterocycles. The number of benzene rings is 2. The fraction of sp³-hybridized carbons (Fsp3) is 0.250. The van der Waals surface area contributed by atoms with Crippen LogP contribution >= 0.6 is 0 Å². The summed E-state index contributed by atoms with van der Waals surface area (Å²) in [6.45, 7) is -0.199. The summed E-state index contributed by atoms with van der Waals surface area (Å²) >= 11 is 0. The van der Waals surface area contributed by atoms with Crippen molar-refractivity contribution in [1.29, 1.82) is 0 Å². The molecule has 2 aromatic rings. The van der Waals surface area contributed by atoms with E-state index in [-0.39, 0.29) is 30.2 Å². The first kappa shape index (κ1) is 19.2. The van der Waals surface area contributed by atoms with Crippen molar-refractivity contribution in [2.45, 2.75) is 0 Å². The predicted molar refractivity (Wildman–Crippen MR) is 98.2 cm³/mol. The van der Waals surface area contributed by atoms with Gasteiger partial charge in [-0.15, -0.1) is 0 Å². The van der Waals surface area contributed by atoms with Crippen LogP contribution in [-0.2, 0) is 4.74 Å². The molecule has 0 spiro atoms. The highest BCUT2D eigenvalue weighted by molar-refractivity contribution is 6.21. The van der Waals surface area contributed by atoms with Gasteiger partial charge in [0.1, 0.15) is 12.2 Å². The number of nitrogens with zero attached hydrogens (tertiary/aromatic N) is 1. The predicted octanol–water partition coefficient (Wildman–Crippen LogP) is 2.17. The van der Waals surface area contributed by atoms with Crippen molar-refractivity contribution >= 4 is 17.8 Å². The lowest BCUT2D eigenvalue weighted by Crippen LogP contribution is -2.33. The Morgan fingerprint density at radius 2 is 1.46 bits per heavy atom. The minimum Gasteiger partial charge on any atom is -0.493 e. The molecule has 1 aliphatic heterocycles. The number of methoxy groups -OCH3 is 3. The molecule has 0 saturated carbocycles. The molecule has 28 heavy (non-hydrogen) atoms. The number of imide groups is 1. The number of ether oxygens (including phenoxy) is 4. The molecule has 2 aromatic carbocycles. The highest BCUT2D eigenvalue weighted by Gasteiger charge is 2.35. The number of esters is 1. The molecule has 0 N–H and O–H groups in total. The number of rotatable bonds is 7. The maximum Gasteiger partial charge on any atom is 0.342 e. The van der Waals surface area contributed by atoms with Gasteiger partial charge in [0.15, 0.2) is 11.5 Å². The van der Waals surface area contributed by atoms with E-state index >= 15 is 0 Å². The van der Waals surface area contributed by atoms with Crippen LogP contribution in [0.1, 0.15) is 31.1 Å². The first-order chi connectivity index (χ1) is 13.5. The molecule has 0 atom stereocenters. The summed E-state index contributed by atoms with van der Waals surface area (Å²) in [4.78, 5) is 38.2. The standard InChI is InChI=1S/C20H19NO7/c1-25-15-9-8-14(16(26-2)17(15)27-3)20(24)28-11-10-21-18(22)12-6-4-5-7-13(12)19(21)23/h4-9H,10-11H2,1-3H3. The molecular weight excluding hydrogens is 366 g/mol. The Morgan fingerprint density at radius 3 is 2.00 bits per heavy atom. The van der Waals surface area contributed by atoms with E-state index in [1.165, 1.54) is 27.4 Å². The lowest BCUT2D eigenvalue weighted by atomic mass is 10.1. The smallest absolute Gasteiger partial charge is 0.342 e. The molecule has 0 saturated heterocycles. The molecular formula is C20H19NO7. The summed E-state index contributed by atoms with van der Waals surface area (Å²) in [7, 11) is 4.29. The van der Waals surface area contributed by atoms with Crippen molar-refractivity contribution in [1.82, 2.24) is 4.90 Å². The van der Waals surface area contributed by atoms with Gasteiger partial charge in [-0.1, -0.05) is 12.1 Å². The molecule has 0 fully saturated rings. The van der Waals surface area contributed by atoms with Gasteiger partial charge in [-0.3, -0.25) is 14.5 Å². The zero-order valence-electron chi connectivity index (χ0n) is 15.7. The minimum absolute atomic E-state index is 0.0479. The summed E-state index contributed by atoms with van der Waals surface area (Å²) in [5, 5.41) is 0. The first-order valence-electron chi connectivity index (χ1n) is 8.44. The highest BCUT2D eigenvalue weighted by Crippen LogP contribution is 2.39. The maximum atomic E-state index is 12.5. The van der Waals surface area contributed by atoms with E-state index in [0.29, 0.717) is 16.9 Å². The third-order valence-corrected chi connectivity index (χ3v) is 4.35. The van der Waals surface area contributed by atoms with Crippen LogP contribution in [0.15, 0.2) is 36.4 Å². The van der Waals surface area contributed by atoms with Crippen LogP contribution in [0.3, 0.4) is 0 Å². The lowest BCUT2D eigenvalue weighted by Gasteiger charge is -2.16. The summed E-state index contributed by atoms with van der Waals surface area (Å²) in [5.74, 6) is -0.635. The van der Waals surface area contributed by atoms with Crippen LogP contribution < -0.4 is 14.2 Å². The summed E-state index contributed by atoms with van der Waals surface area (Å²) in [6.07, 6.45) is 0. The van der Waals surface area contributed by atoms with Crippen LogP contribution in [0.25, 0.3) is 0 Å². The molecule has 3 rings (SSSR count). The highest BCUT2D eigenvalue weighted by atomic mass is 16.5. The molecule has 0 aliphatic carbocycles. The summed E-state index contributed by atoms with van der Waals surface area (Å²) < 4.78 is 20.9. The second kappa shape index (κ2) is 7.99. The van der Waals surface area contributed by atoms with Crippen molar-refractivity contribution in [2.24, 2.45) is 0 Å².